The van der Waals surface area contributed by atoms with Crippen molar-refractivity contribution < 1.29 is 35.5 Å². The summed E-state index contributed by atoms with van der Waals surface area (Å²) in [7, 11) is 0. The average molecular weight is 260 g/mol. The molecule has 0 amide bonds. The monoisotopic (exact) mass is 260 g/mol. The summed E-state index contributed by atoms with van der Waals surface area (Å²) < 4.78 is 86.9. The zero-order chi connectivity index (χ0) is 13.4. The largest absolute Gasteiger partial charge is 0.422 e. The van der Waals surface area contributed by atoms with E-state index in [-0.39, 0.29) is 6.07 Å². The average Bonchev–Trinajstić information content (AvgIpc) is 2.20. The maximum Gasteiger partial charge on any atom is 0.422 e. The molecule has 0 fully saturated rings. The predicted octanol–water partition coefficient (Wildman–Crippen LogP) is 3.27. The van der Waals surface area contributed by atoms with Gasteiger partial charge >= 0.3 is 6.18 Å². The van der Waals surface area contributed by atoms with Gasteiger partial charge in [0.2, 0.25) is 0 Å². The standard InChI is InChI=1S/C9H3F7O/c10-2-5(17)3-1-4(11)6(9(14,15)16)8(13)7(3)12/h1H,2H2. The molecule has 0 bridgehead atoms. The molecule has 1 aromatic rings. The molecule has 1 nitrogen and oxygen atoms in total. The van der Waals surface area contributed by atoms with Crippen molar-refractivity contribution in [3.05, 3.63) is 34.6 Å². The molecular weight excluding hydrogens is 257 g/mol. The molecule has 0 heterocycles. The molecule has 0 aliphatic heterocycles. The number of Topliss-reactive ketones (excluding diaryl/α,β-unsaturated/α-hetero) is 1. The van der Waals surface area contributed by atoms with Gasteiger partial charge in [0.1, 0.15) is 11.4 Å². The molecule has 0 unspecified atom stereocenters. The van der Waals surface area contributed by atoms with Crippen LogP contribution in [0.4, 0.5) is 30.7 Å². The Morgan fingerprint density at radius 1 is 1.12 bits per heavy atom. The summed E-state index contributed by atoms with van der Waals surface area (Å²) in [5, 5.41) is 0. The van der Waals surface area contributed by atoms with Crippen LogP contribution >= 0.6 is 0 Å². The van der Waals surface area contributed by atoms with Gasteiger partial charge in [-0.25, -0.2) is 17.6 Å². The quantitative estimate of drug-likeness (QED) is 0.453. The number of benzene rings is 1. The maximum atomic E-state index is 13.0. The number of hydrogen-bond acceptors (Lipinski definition) is 1. The molecule has 1 aromatic carbocycles. The second-order valence-electron chi connectivity index (χ2n) is 2.96. The van der Waals surface area contributed by atoms with E-state index in [0.717, 1.165) is 0 Å². The molecule has 0 aliphatic rings. The zero-order valence-corrected chi connectivity index (χ0v) is 7.84. The Kier molecular flexibility index (Phi) is 3.44. The van der Waals surface area contributed by atoms with Gasteiger partial charge in [-0.2, -0.15) is 13.2 Å². The van der Waals surface area contributed by atoms with Crippen molar-refractivity contribution in [1.82, 2.24) is 0 Å². The van der Waals surface area contributed by atoms with Crippen molar-refractivity contribution >= 4 is 5.78 Å². The minimum absolute atomic E-state index is 0.177. The highest BCUT2D eigenvalue weighted by Gasteiger charge is 2.40. The first kappa shape index (κ1) is 13.5. The van der Waals surface area contributed by atoms with Crippen LogP contribution in [-0.4, -0.2) is 12.5 Å². The van der Waals surface area contributed by atoms with Gasteiger partial charge in [0.15, 0.2) is 24.1 Å². The first-order valence-corrected chi connectivity index (χ1v) is 4.04. The van der Waals surface area contributed by atoms with Crippen molar-refractivity contribution in [2.75, 3.05) is 6.67 Å². The van der Waals surface area contributed by atoms with Crippen molar-refractivity contribution in [2.24, 2.45) is 0 Å². The molecule has 0 saturated heterocycles. The van der Waals surface area contributed by atoms with E-state index < -0.39 is 47.2 Å². The van der Waals surface area contributed by atoms with E-state index in [1.165, 1.54) is 0 Å². The Morgan fingerprint density at radius 3 is 2.06 bits per heavy atom. The normalized spacial score (nSPS) is 11.7. The van der Waals surface area contributed by atoms with Crippen molar-refractivity contribution in [3.8, 4) is 0 Å². The predicted molar refractivity (Wildman–Crippen MR) is 41.6 cm³/mol. The van der Waals surface area contributed by atoms with Gasteiger partial charge in [0.25, 0.3) is 0 Å². The van der Waals surface area contributed by atoms with E-state index in [4.69, 9.17) is 0 Å². The van der Waals surface area contributed by atoms with E-state index in [1.54, 1.807) is 0 Å². The van der Waals surface area contributed by atoms with Gasteiger partial charge in [-0.1, -0.05) is 0 Å². The molecule has 0 spiro atoms. The number of alkyl halides is 4. The SMILES string of the molecule is O=C(CF)c1cc(F)c(C(F)(F)F)c(F)c1F. The third-order valence-corrected chi connectivity index (χ3v) is 1.86. The van der Waals surface area contributed by atoms with Gasteiger partial charge in [0, 0.05) is 0 Å². The molecule has 94 valence electrons. The first-order valence-electron chi connectivity index (χ1n) is 4.04. The van der Waals surface area contributed by atoms with Gasteiger partial charge in [-0.15, -0.1) is 0 Å². The van der Waals surface area contributed by atoms with Crippen LogP contribution in [0.2, 0.25) is 0 Å². The Morgan fingerprint density at radius 2 is 1.65 bits per heavy atom. The highest BCUT2D eigenvalue weighted by Crippen LogP contribution is 2.35. The summed E-state index contributed by atoms with van der Waals surface area (Å²) in [5.41, 5.74) is -3.85. The third kappa shape index (κ3) is 2.40. The van der Waals surface area contributed by atoms with Crippen molar-refractivity contribution in [1.29, 1.82) is 0 Å². The summed E-state index contributed by atoms with van der Waals surface area (Å²) in [6.07, 6.45) is -5.45. The van der Waals surface area contributed by atoms with E-state index in [9.17, 15) is 35.5 Å². The fourth-order valence-corrected chi connectivity index (χ4v) is 1.13. The highest BCUT2D eigenvalue weighted by molar-refractivity contribution is 5.97. The Balaban J connectivity index is 3.53. The summed E-state index contributed by atoms with van der Waals surface area (Å²) >= 11 is 0. The lowest BCUT2D eigenvalue weighted by Crippen LogP contribution is -2.16. The molecule has 0 aliphatic carbocycles. The Bertz CT molecular complexity index is 463. The number of carbonyl (C=O) groups excluding carboxylic acids is 1. The lowest BCUT2D eigenvalue weighted by molar-refractivity contribution is -0.142. The van der Waals surface area contributed by atoms with Crippen LogP contribution in [0.15, 0.2) is 6.07 Å². The minimum Gasteiger partial charge on any atom is -0.291 e. The second-order valence-corrected chi connectivity index (χ2v) is 2.96. The van der Waals surface area contributed by atoms with Gasteiger partial charge in [0.05, 0.1) is 5.56 Å². The van der Waals surface area contributed by atoms with Crippen molar-refractivity contribution in [2.45, 2.75) is 6.18 Å². The van der Waals surface area contributed by atoms with Crippen LogP contribution in [0.25, 0.3) is 0 Å². The fraction of sp³-hybridized carbons (Fsp3) is 0.222. The van der Waals surface area contributed by atoms with Crippen LogP contribution in [0.5, 0.6) is 0 Å². The van der Waals surface area contributed by atoms with Gasteiger partial charge < -0.3 is 0 Å². The second kappa shape index (κ2) is 4.34. The van der Waals surface area contributed by atoms with Crippen LogP contribution in [0.1, 0.15) is 15.9 Å². The first-order chi connectivity index (χ1) is 7.70. The number of halogens is 7. The Labute approximate surface area is 89.8 Å². The number of rotatable bonds is 2. The van der Waals surface area contributed by atoms with Crippen LogP contribution < -0.4 is 0 Å². The van der Waals surface area contributed by atoms with Gasteiger partial charge in [-0.3, -0.25) is 4.79 Å². The maximum absolute atomic E-state index is 13.0. The molecule has 0 aromatic heterocycles. The van der Waals surface area contributed by atoms with E-state index in [2.05, 4.69) is 0 Å². The molecule has 0 atom stereocenters. The lowest BCUT2D eigenvalue weighted by atomic mass is 10.1. The smallest absolute Gasteiger partial charge is 0.291 e. The highest BCUT2D eigenvalue weighted by atomic mass is 19.4. The molecule has 0 saturated carbocycles. The Hall–Kier alpha value is -1.60. The van der Waals surface area contributed by atoms with Crippen LogP contribution in [-0.2, 0) is 6.18 Å². The van der Waals surface area contributed by atoms with Crippen molar-refractivity contribution in [3.63, 3.8) is 0 Å². The molecule has 1 rings (SSSR count). The topological polar surface area (TPSA) is 17.1 Å². The van der Waals surface area contributed by atoms with Crippen LogP contribution in [0.3, 0.4) is 0 Å². The van der Waals surface area contributed by atoms with Gasteiger partial charge in [-0.05, 0) is 6.07 Å². The molecule has 0 radical (unpaired) electrons. The molecule has 8 heteroatoms. The summed E-state index contributed by atoms with van der Waals surface area (Å²) in [5.74, 6) is -8.60. The fourth-order valence-electron chi connectivity index (χ4n) is 1.13. The zero-order valence-electron chi connectivity index (χ0n) is 7.84. The molecular formula is C9H3F7O. The summed E-state index contributed by atoms with van der Waals surface area (Å²) in [4.78, 5) is 10.7. The third-order valence-electron chi connectivity index (χ3n) is 1.86. The summed E-state index contributed by atoms with van der Waals surface area (Å²) in [6.45, 7) is -1.78. The number of hydrogen-bond donors (Lipinski definition) is 0. The minimum atomic E-state index is -5.45. The molecule has 0 N–H and O–H groups in total. The van der Waals surface area contributed by atoms with E-state index >= 15 is 0 Å². The van der Waals surface area contributed by atoms with E-state index in [1.807, 2.05) is 0 Å². The van der Waals surface area contributed by atoms with E-state index in [0.29, 0.717) is 0 Å². The molecule has 17 heavy (non-hydrogen) atoms. The number of carbonyl (C=O) groups is 1. The summed E-state index contributed by atoms with van der Waals surface area (Å²) in [6, 6.07) is -0.177. The van der Waals surface area contributed by atoms with Crippen LogP contribution in [0, 0.1) is 17.5 Å². The number of ketones is 1. The lowest BCUT2D eigenvalue weighted by Gasteiger charge is -2.11.